The topological polar surface area (TPSA) is 109 Å². The van der Waals surface area contributed by atoms with E-state index < -0.39 is 0 Å². The predicted molar refractivity (Wildman–Crippen MR) is 121 cm³/mol. The number of rotatable bonds is 7. The molecule has 2 amide bonds. The van der Waals surface area contributed by atoms with Crippen molar-refractivity contribution in [1.82, 2.24) is 15.2 Å². The molecule has 2 aromatic rings. The number of aromatic hydroxyl groups is 1. The van der Waals surface area contributed by atoms with Crippen molar-refractivity contribution in [2.75, 3.05) is 32.7 Å². The van der Waals surface area contributed by atoms with E-state index in [1.54, 1.807) is 35.2 Å². The molecule has 2 N–H and O–H groups in total. The lowest BCUT2D eigenvalue weighted by atomic mass is 10.1. The smallest absolute Gasteiger partial charge is 0.254 e. The van der Waals surface area contributed by atoms with Crippen LogP contribution in [0.1, 0.15) is 40.4 Å². The number of carbonyl (C=O) groups excluding carboxylic acids is 2. The number of benzene rings is 2. The maximum absolute atomic E-state index is 12.6. The summed E-state index contributed by atoms with van der Waals surface area (Å²) in [6, 6.07) is 14.1. The number of hydrogen-bond acceptors (Lipinski definition) is 6. The highest BCUT2D eigenvalue weighted by molar-refractivity contribution is 5.94. The Hall–Kier alpha value is -3.70. The van der Waals surface area contributed by atoms with Gasteiger partial charge in [0.1, 0.15) is 5.75 Å². The van der Waals surface area contributed by atoms with Crippen LogP contribution in [0.2, 0.25) is 0 Å². The first kappa shape index (κ1) is 23.0. The molecule has 0 spiro atoms. The minimum atomic E-state index is -0.252. The van der Waals surface area contributed by atoms with Crippen molar-refractivity contribution >= 4 is 18.0 Å². The van der Waals surface area contributed by atoms with Gasteiger partial charge in [-0.05, 0) is 42.3 Å². The Balaban J connectivity index is 1.45. The zero-order valence-corrected chi connectivity index (χ0v) is 18.1. The summed E-state index contributed by atoms with van der Waals surface area (Å²) in [5, 5.41) is 23.1. The van der Waals surface area contributed by atoms with E-state index in [1.165, 1.54) is 6.21 Å². The molecule has 0 unspecified atom stereocenters. The Morgan fingerprint density at radius 2 is 1.88 bits per heavy atom. The number of carbonyl (C=O) groups is 2. The average Bonchev–Trinajstić information content (AvgIpc) is 2.81. The van der Waals surface area contributed by atoms with E-state index in [0.717, 1.165) is 18.4 Å². The molecule has 32 heavy (non-hydrogen) atoms. The van der Waals surface area contributed by atoms with Crippen molar-refractivity contribution in [3.8, 4) is 11.8 Å². The number of para-hydroxylation sites is 1. The van der Waals surface area contributed by atoms with Gasteiger partial charge in [-0.15, -0.1) is 0 Å². The van der Waals surface area contributed by atoms with Gasteiger partial charge >= 0.3 is 0 Å². The largest absolute Gasteiger partial charge is 0.507 e. The fourth-order valence-corrected chi connectivity index (χ4v) is 3.58. The number of hydrogen-bond donors (Lipinski definition) is 2. The lowest BCUT2D eigenvalue weighted by Crippen LogP contribution is -2.50. The van der Waals surface area contributed by atoms with Gasteiger partial charge in [-0.2, -0.15) is 10.4 Å². The van der Waals surface area contributed by atoms with E-state index in [2.05, 4.69) is 10.5 Å². The first-order chi connectivity index (χ1) is 15.5. The van der Waals surface area contributed by atoms with E-state index >= 15 is 0 Å². The summed E-state index contributed by atoms with van der Waals surface area (Å²) >= 11 is 0. The SMILES string of the molecule is CCCc1cccc(/C=N/NC(=O)CN2CCN(C(=O)c3ccc(C#N)cc3)CC2)c1O. The fourth-order valence-electron chi connectivity index (χ4n) is 3.58. The van der Waals surface area contributed by atoms with Crippen molar-refractivity contribution in [3.05, 3.63) is 64.7 Å². The molecule has 1 heterocycles. The number of aryl methyl sites for hydroxylation is 1. The van der Waals surface area contributed by atoms with Crippen LogP contribution in [0.5, 0.6) is 5.75 Å². The Morgan fingerprint density at radius 1 is 1.16 bits per heavy atom. The third kappa shape index (κ3) is 5.93. The summed E-state index contributed by atoms with van der Waals surface area (Å²) in [7, 11) is 0. The van der Waals surface area contributed by atoms with Gasteiger partial charge in [-0.3, -0.25) is 14.5 Å². The van der Waals surface area contributed by atoms with Crippen LogP contribution < -0.4 is 5.43 Å². The third-order valence-electron chi connectivity index (χ3n) is 5.35. The molecule has 1 saturated heterocycles. The third-order valence-corrected chi connectivity index (χ3v) is 5.35. The molecule has 1 fully saturated rings. The second-order valence-electron chi connectivity index (χ2n) is 7.66. The molecule has 0 aliphatic carbocycles. The van der Waals surface area contributed by atoms with Crippen molar-refractivity contribution in [2.24, 2.45) is 5.10 Å². The first-order valence-corrected chi connectivity index (χ1v) is 10.7. The second-order valence-corrected chi connectivity index (χ2v) is 7.66. The minimum Gasteiger partial charge on any atom is -0.507 e. The van der Waals surface area contributed by atoms with Gasteiger partial charge < -0.3 is 10.0 Å². The monoisotopic (exact) mass is 433 g/mol. The van der Waals surface area contributed by atoms with E-state index in [1.807, 2.05) is 30.0 Å². The highest BCUT2D eigenvalue weighted by Gasteiger charge is 2.23. The van der Waals surface area contributed by atoms with Crippen LogP contribution in [0.4, 0.5) is 0 Å². The van der Waals surface area contributed by atoms with E-state index in [4.69, 9.17) is 5.26 Å². The predicted octanol–water partition coefficient (Wildman–Crippen LogP) is 2.12. The highest BCUT2D eigenvalue weighted by atomic mass is 16.3. The van der Waals surface area contributed by atoms with Gasteiger partial charge in [0.05, 0.1) is 24.4 Å². The van der Waals surface area contributed by atoms with Crippen LogP contribution in [-0.4, -0.2) is 65.7 Å². The summed E-state index contributed by atoms with van der Waals surface area (Å²) in [4.78, 5) is 28.5. The maximum atomic E-state index is 12.6. The van der Waals surface area contributed by atoms with Crippen LogP contribution in [-0.2, 0) is 11.2 Å². The average molecular weight is 434 g/mol. The molecule has 0 saturated carbocycles. The minimum absolute atomic E-state index is 0.0756. The Bertz CT molecular complexity index is 1020. The molecular weight excluding hydrogens is 406 g/mol. The Kier molecular flexibility index (Phi) is 7.95. The lowest BCUT2D eigenvalue weighted by molar-refractivity contribution is -0.122. The summed E-state index contributed by atoms with van der Waals surface area (Å²) in [5.74, 6) is -0.138. The molecule has 166 valence electrons. The lowest BCUT2D eigenvalue weighted by Gasteiger charge is -2.34. The normalized spacial score (nSPS) is 14.3. The van der Waals surface area contributed by atoms with Crippen LogP contribution >= 0.6 is 0 Å². The molecule has 1 aliphatic heterocycles. The van der Waals surface area contributed by atoms with Crippen molar-refractivity contribution in [3.63, 3.8) is 0 Å². The number of phenols is 1. The number of amides is 2. The van der Waals surface area contributed by atoms with Crippen LogP contribution in [0.25, 0.3) is 0 Å². The van der Waals surface area contributed by atoms with Crippen molar-refractivity contribution < 1.29 is 14.7 Å². The van der Waals surface area contributed by atoms with Gasteiger partial charge in [0.25, 0.3) is 11.8 Å². The van der Waals surface area contributed by atoms with E-state index in [9.17, 15) is 14.7 Å². The van der Waals surface area contributed by atoms with Crippen molar-refractivity contribution in [1.29, 1.82) is 5.26 Å². The molecule has 3 rings (SSSR count). The number of nitrogens with one attached hydrogen (secondary N) is 1. The summed E-state index contributed by atoms with van der Waals surface area (Å²) in [6.45, 7) is 4.43. The quantitative estimate of drug-likeness (QED) is 0.514. The molecular formula is C24H27N5O3. The molecule has 2 aromatic carbocycles. The zero-order chi connectivity index (χ0) is 22.9. The number of nitrogens with zero attached hydrogens (tertiary/aromatic N) is 4. The van der Waals surface area contributed by atoms with Crippen LogP contribution in [0.3, 0.4) is 0 Å². The number of nitriles is 1. The van der Waals surface area contributed by atoms with Crippen molar-refractivity contribution in [2.45, 2.75) is 19.8 Å². The molecule has 0 atom stereocenters. The van der Waals surface area contributed by atoms with E-state index in [-0.39, 0.29) is 24.1 Å². The van der Waals surface area contributed by atoms with Crippen LogP contribution in [0, 0.1) is 11.3 Å². The fraction of sp³-hybridized carbons (Fsp3) is 0.333. The van der Waals surface area contributed by atoms with Gasteiger partial charge in [0.15, 0.2) is 0 Å². The van der Waals surface area contributed by atoms with E-state index in [0.29, 0.717) is 42.9 Å². The number of hydrazone groups is 1. The summed E-state index contributed by atoms with van der Waals surface area (Å²) in [6.07, 6.45) is 3.15. The molecule has 8 heteroatoms. The number of phenolic OH excluding ortho intramolecular Hbond substituents is 1. The van der Waals surface area contributed by atoms with Gasteiger partial charge in [0, 0.05) is 37.3 Å². The summed E-state index contributed by atoms with van der Waals surface area (Å²) < 4.78 is 0. The van der Waals surface area contributed by atoms with Gasteiger partial charge in [-0.25, -0.2) is 5.43 Å². The first-order valence-electron chi connectivity index (χ1n) is 10.7. The maximum Gasteiger partial charge on any atom is 0.254 e. The number of piperazine rings is 1. The highest BCUT2D eigenvalue weighted by Crippen LogP contribution is 2.22. The Labute approximate surface area is 187 Å². The molecule has 0 radical (unpaired) electrons. The molecule has 8 nitrogen and oxygen atoms in total. The van der Waals surface area contributed by atoms with Gasteiger partial charge in [0.2, 0.25) is 0 Å². The zero-order valence-electron chi connectivity index (χ0n) is 18.1. The summed E-state index contributed by atoms with van der Waals surface area (Å²) in [5.41, 5.74) is 4.99. The molecule has 0 bridgehead atoms. The standard InChI is InChI=1S/C24H27N5O3/c1-2-4-19-5-3-6-21(23(19)31)16-26-27-22(30)17-28-11-13-29(14-12-28)24(32)20-9-7-18(15-25)8-10-20/h3,5-10,16,31H,2,4,11-14,17H2,1H3,(H,27,30)/b26-16+. The van der Waals surface area contributed by atoms with Gasteiger partial charge in [-0.1, -0.05) is 25.5 Å². The molecule has 0 aromatic heterocycles. The Morgan fingerprint density at radius 3 is 2.53 bits per heavy atom. The molecule has 1 aliphatic rings. The van der Waals surface area contributed by atoms with Crippen LogP contribution in [0.15, 0.2) is 47.6 Å². The second kappa shape index (κ2) is 11.1.